The van der Waals surface area contributed by atoms with Crippen molar-refractivity contribution < 1.29 is 9.53 Å². The first-order valence-corrected chi connectivity index (χ1v) is 5.70. The highest BCUT2D eigenvalue weighted by molar-refractivity contribution is 7.98. The van der Waals surface area contributed by atoms with Crippen LogP contribution in [0.1, 0.15) is 19.8 Å². The second-order valence-corrected chi connectivity index (χ2v) is 3.51. The molecule has 2 amide bonds. The fourth-order valence-corrected chi connectivity index (χ4v) is 1.03. The molecule has 6 heteroatoms. The van der Waals surface area contributed by atoms with E-state index in [2.05, 4.69) is 16.6 Å². The molecule has 0 atom stereocenters. The number of amides is 2. The summed E-state index contributed by atoms with van der Waals surface area (Å²) in [5, 5.41) is 9.51. The average molecular weight is 231 g/mol. The van der Waals surface area contributed by atoms with Gasteiger partial charge in [0.1, 0.15) is 0 Å². The lowest BCUT2D eigenvalue weighted by atomic mass is 10.4. The van der Waals surface area contributed by atoms with E-state index in [9.17, 15) is 4.79 Å². The molecule has 0 aromatic rings. The molecule has 0 saturated heterocycles. The first-order chi connectivity index (χ1) is 7.20. The van der Waals surface area contributed by atoms with E-state index in [1.54, 1.807) is 6.08 Å². The quantitative estimate of drug-likeness (QED) is 0.215. The fourth-order valence-electron chi connectivity index (χ4n) is 0.649. The van der Waals surface area contributed by atoms with Crippen LogP contribution in [0.3, 0.4) is 0 Å². The van der Waals surface area contributed by atoms with E-state index in [4.69, 9.17) is 10.1 Å². The number of ether oxygens (including phenoxy) is 1. The fraction of sp³-hybridized carbons (Fsp3) is 0.556. The molecule has 0 saturated carbocycles. The summed E-state index contributed by atoms with van der Waals surface area (Å²) in [4.78, 5) is 11.1. The molecular formula is C9H17N3O2S. The van der Waals surface area contributed by atoms with E-state index in [0.29, 0.717) is 12.4 Å². The Balaban J connectivity index is 3.49. The molecule has 0 aliphatic heterocycles. The lowest BCUT2D eigenvalue weighted by Crippen LogP contribution is -2.37. The molecule has 0 aliphatic rings. The minimum atomic E-state index is -0.455. The first kappa shape index (κ1) is 13.8. The highest BCUT2D eigenvalue weighted by Crippen LogP contribution is 1.92. The number of unbranched alkanes of at least 4 members (excludes halogenated alkanes) is 1. The summed E-state index contributed by atoms with van der Waals surface area (Å²) in [6.07, 6.45) is 3.54. The highest BCUT2D eigenvalue weighted by atomic mass is 32.2. The molecule has 0 fully saturated rings. The van der Waals surface area contributed by atoms with Crippen LogP contribution >= 0.6 is 11.9 Å². The van der Waals surface area contributed by atoms with Gasteiger partial charge in [-0.05, 0) is 18.4 Å². The van der Waals surface area contributed by atoms with E-state index in [1.165, 1.54) is 11.9 Å². The molecule has 0 aliphatic carbocycles. The predicted octanol–water partition coefficient (Wildman–Crippen LogP) is 1.87. The van der Waals surface area contributed by atoms with Crippen LogP contribution in [-0.4, -0.2) is 24.4 Å². The Kier molecular flexibility index (Phi) is 8.66. The third-order valence-corrected chi connectivity index (χ3v) is 2.07. The molecule has 0 unspecified atom stereocenters. The van der Waals surface area contributed by atoms with Crippen LogP contribution in [0.15, 0.2) is 12.7 Å². The molecule has 86 valence electrons. The first-order valence-electron chi connectivity index (χ1n) is 4.71. The lowest BCUT2D eigenvalue weighted by Gasteiger charge is -2.08. The Morgan fingerprint density at radius 2 is 2.40 bits per heavy atom. The van der Waals surface area contributed by atoms with Crippen molar-refractivity contribution in [2.45, 2.75) is 19.8 Å². The van der Waals surface area contributed by atoms with Gasteiger partial charge in [-0.3, -0.25) is 15.4 Å². The summed E-state index contributed by atoms with van der Waals surface area (Å²) in [5.41, 5.74) is 0. The normalized spacial score (nSPS) is 9.13. The maximum atomic E-state index is 11.1. The summed E-state index contributed by atoms with van der Waals surface area (Å²) in [6.45, 7) is 5.99. The maximum Gasteiger partial charge on any atom is 0.332 e. The molecule has 5 nitrogen and oxygen atoms in total. The van der Waals surface area contributed by atoms with Crippen LogP contribution in [0.5, 0.6) is 0 Å². The van der Waals surface area contributed by atoms with Gasteiger partial charge in [-0.15, -0.1) is 6.58 Å². The molecule has 0 spiro atoms. The molecule has 0 radical (unpaired) electrons. The van der Waals surface area contributed by atoms with Crippen LogP contribution in [0, 0.1) is 5.41 Å². The summed E-state index contributed by atoms with van der Waals surface area (Å²) in [6, 6.07) is -0.677. The van der Waals surface area contributed by atoms with Crippen LogP contribution in [0.25, 0.3) is 0 Å². The van der Waals surface area contributed by atoms with Crippen molar-refractivity contribution in [1.29, 1.82) is 5.41 Å². The van der Waals surface area contributed by atoms with Gasteiger partial charge in [0, 0.05) is 5.75 Å². The van der Waals surface area contributed by atoms with Crippen molar-refractivity contribution in [2.75, 3.05) is 12.4 Å². The second kappa shape index (κ2) is 9.39. The van der Waals surface area contributed by atoms with Gasteiger partial charge >= 0.3 is 6.03 Å². The summed E-state index contributed by atoms with van der Waals surface area (Å²) >= 11 is 1.20. The second-order valence-electron chi connectivity index (χ2n) is 2.69. The minimum absolute atomic E-state index is 0.222. The number of carbonyl (C=O) groups excluding carboxylic acids is 1. The van der Waals surface area contributed by atoms with E-state index in [1.807, 2.05) is 6.92 Å². The van der Waals surface area contributed by atoms with Crippen LogP contribution in [-0.2, 0) is 4.74 Å². The summed E-state index contributed by atoms with van der Waals surface area (Å²) in [5.74, 6) is 0.622. The smallest absolute Gasteiger partial charge is 0.332 e. The maximum absolute atomic E-state index is 11.1. The Labute approximate surface area is 94.3 Å². The monoisotopic (exact) mass is 231 g/mol. The van der Waals surface area contributed by atoms with Gasteiger partial charge in [0.05, 0.1) is 6.61 Å². The van der Waals surface area contributed by atoms with Gasteiger partial charge in [0.25, 0.3) is 6.02 Å². The van der Waals surface area contributed by atoms with Crippen LogP contribution in [0.4, 0.5) is 4.79 Å². The van der Waals surface area contributed by atoms with Gasteiger partial charge in [0.15, 0.2) is 0 Å². The zero-order valence-corrected chi connectivity index (χ0v) is 9.65. The van der Waals surface area contributed by atoms with Crippen molar-refractivity contribution in [2.24, 2.45) is 0 Å². The van der Waals surface area contributed by atoms with Gasteiger partial charge in [0.2, 0.25) is 0 Å². The third-order valence-electron chi connectivity index (χ3n) is 1.34. The van der Waals surface area contributed by atoms with Gasteiger partial charge in [-0.25, -0.2) is 4.79 Å². The van der Waals surface area contributed by atoms with E-state index in [0.717, 1.165) is 12.8 Å². The van der Waals surface area contributed by atoms with E-state index < -0.39 is 6.03 Å². The number of carbonyl (C=O) groups is 1. The van der Waals surface area contributed by atoms with Crippen LogP contribution < -0.4 is 10.0 Å². The van der Waals surface area contributed by atoms with Crippen LogP contribution in [0.2, 0.25) is 0 Å². The van der Waals surface area contributed by atoms with Crippen molar-refractivity contribution in [1.82, 2.24) is 10.0 Å². The number of nitrogens with one attached hydrogen (secondary N) is 3. The van der Waals surface area contributed by atoms with Crippen molar-refractivity contribution in [3.8, 4) is 0 Å². The largest absolute Gasteiger partial charge is 0.465 e. The van der Waals surface area contributed by atoms with Gasteiger partial charge in [-0.2, -0.15) is 0 Å². The van der Waals surface area contributed by atoms with Gasteiger partial charge in [-0.1, -0.05) is 19.4 Å². The Bertz CT molecular complexity index is 221. The highest BCUT2D eigenvalue weighted by Gasteiger charge is 2.03. The lowest BCUT2D eigenvalue weighted by molar-refractivity contribution is 0.242. The average Bonchev–Trinajstić information content (AvgIpc) is 2.18. The zero-order chi connectivity index (χ0) is 11.5. The molecule has 15 heavy (non-hydrogen) atoms. The van der Waals surface area contributed by atoms with Crippen molar-refractivity contribution >= 4 is 24.0 Å². The van der Waals surface area contributed by atoms with E-state index >= 15 is 0 Å². The van der Waals surface area contributed by atoms with Gasteiger partial charge < -0.3 is 4.74 Å². The summed E-state index contributed by atoms with van der Waals surface area (Å²) in [7, 11) is 0. The Hall–Kier alpha value is -1.17. The molecule has 0 rings (SSSR count). The number of urea groups is 1. The number of amidine groups is 1. The molecule has 0 aromatic carbocycles. The third kappa shape index (κ3) is 9.14. The number of rotatable bonds is 6. The summed E-state index contributed by atoms with van der Waals surface area (Å²) < 4.78 is 7.42. The minimum Gasteiger partial charge on any atom is -0.465 e. The molecule has 0 aromatic heterocycles. The SMILES string of the molecule is C=CCSNC(=O)NC(=N)OCCCC. The number of hydrogen-bond acceptors (Lipinski definition) is 4. The standard InChI is InChI=1S/C9H17N3O2S/c1-3-5-6-14-8(10)11-9(13)12-15-7-4-2/h4H,2-3,5-7H2,1H3,(H3,10,11,12,13). The van der Waals surface area contributed by atoms with Crippen molar-refractivity contribution in [3.05, 3.63) is 12.7 Å². The Morgan fingerprint density at radius 1 is 1.67 bits per heavy atom. The molecule has 3 N–H and O–H groups in total. The van der Waals surface area contributed by atoms with E-state index in [-0.39, 0.29) is 6.02 Å². The topological polar surface area (TPSA) is 74.2 Å². The predicted molar refractivity (Wildman–Crippen MR) is 62.9 cm³/mol. The Morgan fingerprint density at radius 3 is 3.00 bits per heavy atom. The van der Waals surface area contributed by atoms with Crippen molar-refractivity contribution in [3.63, 3.8) is 0 Å². The molecular weight excluding hydrogens is 214 g/mol. The molecule has 0 heterocycles. The zero-order valence-electron chi connectivity index (χ0n) is 8.84. The number of hydrogen-bond donors (Lipinski definition) is 3. The molecule has 0 bridgehead atoms.